The van der Waals surface area contributed by atoms with Crippen molar-refractivity contribution in [3.63, 3.8) is 0 Å². The average Bonchev–Trinajstić information content (AvgIpc) is 2.94. The maximum atomic E-state index is 12.5. The second-order valence-electron chi connectivity index (χ2n) is 6.15. The number of para-hydroxylation sites is 2. The van der Waals surface area contributed by atoms with Crippen LogP contribution in [-0.2, 0) is 16.0 Å². The van der Waals surface area contributed by atoms with Crippen LogP contribution in [0.1, 0.15) is 37.3 Å². The van der Waals surface area contributed by atoms with E-state index in [-0.39, 0.29) is 17.7 Å². The number of nitrogens with one attached hydrogen (secondary N) is 1. The van der Waals surface area contributed by atoms with Crippen molar-refractivity contribution in [3.05, 3.63) is 59.7 Å². The monoisotopic (exact) mass is 322 g/mol. The van der Waals surface area contributed by atoms with Gasteiger partial charge in [0.05, 0.1) is 0 Å². The molecule has 4 nitrogen and oxygen atoms in total. The Labute approximate surface area is 142 Å². The van der Waals surface area contributed by atoms with Crippen LogP contribution in [0.15, 0.2) is 48.5 Å². The summed E-state index contributed by atoms with van der Waals surface area (Å²) in [6, 6.07) is 15.7. The minimum Gasteiger partial charge on any atom is -0.326 e. The third-order valence-corrected chi connectivity index (χ3v) is 4.55. The van der Waals surface area contributed by atoms with Gasteiger partial charge in [-0.25, -0.2) is 0 Å². The fourth-order valence-corrected chi connectivity index (χ4v) is 3.34. The minimum absolute atomic E-state index is 0.0129. The standard InChI is InChI=1S/C20H22N2O2/c1-3-15-8-4-6-10-18(15)21-20(24)12-16-13-22(14(2)23)19-11-7-5-9-17(16)19/h4-11,16H,3,12-13H2,1-2H3,(H,21,24). The maximum Gasteiger partial charge on any atom is 0.225 e. The topological polar surface area (TPSA) is 49.4 Å². The van der Waals surface area contributed by atoms with Crippen molar-refractivity contribution < 1.29 is 9.59 Å². The highest BCUT2D eigenvalue weighted by atomic mass is 16.2. The molecule has 1 unspecified atom stereocenters. The Morgan fingerprint density at radius 1 is 1.12 bits per heavy atom. The van der Waals surface area contributed by atoms with Crippen LogP contribution < -0.4 is 10.2 Å². The normalized spacial score (nSPS) is 15.9. The molecule has 0 radical (unpaired) electrons. The van der Waals surface area contributed by atoms with Gasteiger partial charge in [-0.2, -0.15) is 0 Å². The van der Waals surface area contributed by atoms with Gasteiger partial charge in [0, 0.05) is 37.2 Å². The molecule has 24 heavy (non-hydrogen) atoms. The smallest absolute Gasteiger partial charge is 0.225 e. The van der Waals surface area contributed by atoms with Crippen molar-refractivity contribution >= 4 is 23.2 Å². The maximum absolute atomic E-state index is 12.5. The summed E-state index contributed by atoms with van der Waals surface area (Å²) < 4.78 is 0. The van der Waals surface area contributed by atoms with Gasteiger partial charge in [0.15, 0.2) is 0 Å². The van der Waals surface area contributed by atoms with Crippen molar-refractivity contribution in [2.24, 2.45) is 0 Å². The van der Waals surface area contributed by atoms with E-state index in [1.54, 1.807) is 11.8 Å². The zero-order chi connectivity index (χ0) is 17.1. The molecule has 2 aromatic rings. The van der Waals surface area contributed by atoms with Crippen LogP contribution in [0.4, 0.5) is 11.4 Å². The van der Waals surface area contributed by atoms with Gasteiger partial charge in [0.2, 0.25) is 11.8 Å². The van der Waals surface area contributed by atoms with E-state index in [9.17, 15) is 9.59 Å². The Hall–Kier alpha value is -2.62. The summed E-state index contributed by atoms with van der Waals surface area (Å²) in [5, 5.41) is 3.02. The number of amides is 2. The van der Waals surface area contributed by atoms with E-state index in [0.29, 0.717) is 13.0 Å². The summed E-state index contributed by atoms with van der Waals surface area (Å²) in [7, 11) is 0. The molecule has 0 saturated heterocycles. The van der Waals surface area contributed by atoms with Crippen LogP contribution in [0.25, 0.3) is 0 Å². The van der Waals surface area contributed by atoms with Crippen LogP contribution in [0.2, 0.25) is 0 Å². The van der Waals surface area contributed by atoms with E-state index in [4.69, 9.17) is 0 Å². The van der Waals surface area contributed by atoms with Crippen LogP contribution in [-0.4, -0.2) is 18.4 Å². The van der Waals surface area contributed by atoms with Gasteiger partial charge >= 0.3 is 0 Å². The van der Waals surface area contributed by atoms with Gasteiger partial charge in [-0.15, -0.1) is 0 Å². The van der Waals surface area contributed by atoms with E-state index >= 15 is 0 Å². The van der Waals surface area contributed by atoms with E-state index in [0.717, 1.165) is 28.9 Å². The van der Waals surface area contributed by atoms with Gasteiger partial charge in [0.1, 0.15) is 0 Å². The summed E-state index contributed by atoms with van der Waals surface area (Å²) in [5.74, 6) is 0.0432. The number of carbonyl (C=O) groups is 2. The molecule has 0 saturated carbocycles. The Balaban J connectivity index is 1.75. The minimum atomic E-state index is -0.0129. The average molecular weight is 322 g/mol. The second kappa shape index (κ2) is 6.87. The molecule has 1 aliphatic rings. The van der Waals surface area contributed by atoms with Gasteiger partial charge in [-0.3, -0.25) is 9.59 Å². The molecular formula is C20H22N2O2. The molecule has 1 atom stereocenters. The molecule has 1 heterocycles. The van der Waals surface area contributed by atoms with E-state index in [1.807, 2.05) is 48.5 Å². The Kier molecular flexibility index (Phi) is 4.65. The third kappa shape index (κ3) is 3.18. The summed E-state index contributed by atoms with van der Waals surface area (Å²) in [6.45, 7) is 4.21. The molecule has 2 amide bonds. The molecule has 3 rings (SSSR count). The third-order valence-electron chi connectivity index (χ3n) is 4.55. The molecule has 2 aromatic carbocycles. The van der Waals surface area contributed by atoms with E-state index in [2.05, 4.69) is 12.2 Å². The van der Waals surface area contributed by atoms with Crippen LogP contribution in [0.5, 0.6) is 0 Å². The molecule has 0 bridgehead atoms. The van der Waals surface area contributed by atoms with Gasteiger partial charge in [-0.05, 0) is 29.7 Å². The highest BCUT2D eigenvalue weighted by Crippen LogP contribution is 2.38. The van der Waals surface area contributed by atoms with E-state index < -0.39 is 0 Å². The van der Waals surface area contributed by atoms with Crippen molar-refractivity contribution in [1.29, 1.82) is 0 Å². The van der Waals surface area contributed by atoms with Crippen molar-refractivity contribution in [3.8, 4) is 0 Å². The van der Waals surface area contributed by atoms with Crippen molar-refractivity contribution in [2.75, 3.05) is 16.8 Å². The SMILES string of the molecule is CCc1ccccc1NC(=O)CC1CN(C(C)=O)c2ccccc21. The Morgan fingerprint density at radius 3 is 2.58 bits per heavy atom. The number of fused-ring (bicyclic) bond motifs is 1. The summed E-state index contributed by atoms with van der Waals surface area (Å²) >= 11 is 0. The number of hydrogen-bond acceptors (Lipinski definition) is 2. The van der Waals surface area contributed by atoms with Crippen LogP contribution in [0.3, 0.4) is 0 Å². The van der Waals surface area contributed by atoms with Gasteiger partial charge in [0.25, 0.3) is 0 Å². The Morgan fingerprint density at radius 2 is 1.83 bits per heavy atom. The number of nitrogens with zero attached hydrogens (tertiary/aromatic N) is 1. The first-order chi connectivity index (χ1) is 11.6. The quantitative estimate of drug-likeness (QED) is 0.932. The molecular weight excluding hydrogens is 300 g/mol. The fraction of sp³-hybridized carbons (Fsp3) is 0.300. The molecule has 4 heteroatoms. The lowest BCUT2D eigenvalue weighted by atomic mass is 9.97. The summed E-state index contributed by atoms with van der Waals surface area (Å²) in [5.41, 5.74) is 4.01. The highest BCUT2D eigenvalue weighted by molar-refractivity contribution is 5.96. The number of rotatable bonds is 4. The lowest BCUT2D eigenvalue weighted by Crippen LogP contribution is -2.28. The first kappa shape index (κ1) is 16.2. The second-order valence-corrected chi connectivity index (χ2v) is 6.15. The number of benzene rings is 2. The fourth-order valence-electron chi connectivity index (χ4n) is 3.34. The predicted molar refractivity (Wildman–Crippen MR) is 96.3 cm³/mol. The summed E-state index contributed by atoms with van der Waals surface area (Å²) in [6.07, 6.45) is 1.25. The van der Waals surface area contributed by atoms with Gasteiger partial charge < -0.3 is 10.2 Å². The molecule has 1 N–H and O–H groups in total. The van der Waals surface area contributed by atoms with Crippen molar-refractivity contribution in [1.82, 2.24) is 0 Å². The van der Waals surface area contributed by atoms with Crippen LogP contribution >= 0.6 is 0 Å². The first-order valence-corrected chi connectivity index (χ1v) is 8.35. The largest absolute Gasteiger partial charge is 0.326 e. The number of hydrogen-bond donors (Lipinski definition) is 1. The molecule has 1 aliphatic heterocycles. The van der Waals surface area contributed by atoms with Crippen LogP contribution in [0, 0.1) is 0 Å². The molecule has 0 aromatic heterocycles. The molecule has 0 fully saturated rings. The first-order valence-electron chi connectivity index (χ1n) is 8.35. The molecule has 0 aliphatic carbocycles. The summed E-state index contributed by atoms with van der Waals surface area (Å²) in [4.78, 5) is 26.1. The Bertz CT molecular complexity index is 770. The van der Waals surface area contributed by atoms with Gasteiger partial charge in [-0.1, -0.05) is 43.3 Å². The number of aryl methyl sites for hydroxylation is 1. The van der Waals surface area contributed by atoms with E-state index in [1.165, 1.54) is 0 Å². The zero-order valence-corrected chi connectivity index (χ0v) is 14.1. The zero-order valence-electron chi connectivity index (χ0n) is 14.1. The van der Waals surface area contributed by atoms with Crippen molar-refractivity contribution in [2.45, 2.75) is 32.6 Å². The number of carbonyl (C=O) groups excluding carboxylic acids is 2. The lowest BCUT2D eigenvalue weighted by Gasteiger charge is -2.15. The highest BCUT2D eigenvalue weighted by Gasteiger charge is 2.31. The predicted octanol–water partition coefficient (Wildman–Crippen LogP) is 3.73. The molecule has 0 spiro atoms. The molecule has 124 valence electrons. The lowest BCUT2D eigenvalue weighted by molar-refractivity contribution is -0.118. The number of anilines is 2.